The third-order valence-electron chi connectivity index (χ3n) is 2.91. The highest BCUT2D eigenvalue weighted by atomic mass is 16.1. The van der Waals surface area contributed by atoms with Crippen LogP contribution in [0.4, 0.5) is 5.69 Å². The first-order valence-corrected chi connectivity index (χ1v) is 5.37. The van der Waals surface area contributed by atoms with Crippen LogP contribution in [-0.4, -0.2) is 11.9 Å². The van der Waals surface area contributed by atoms with E-state index in [4.69, 9.17) is 5.73 Å². The zero-order chi connectivity index (χ0) is 10.8. The fourth-order valence-corrected chi connectivity index (χ4v) is 1.81. The first-order valence-electron chi connectivity index (χ1n) is 5.37. The van der Waals surface area contributed by atoms with Crippen LogP contribution < -0.4 is 11.1 Å². The maximum Gasteiger partial charge on any atom is 0.251 e. The summed E-state index contributed by atoms with van der Waals surface area (Å²) in [5, 5.41) is 3.00. The molecule has 1 aromatic rings. The van der Waals surface area contributed by atoms with Crippen molar-refractivity contribution >= 4 is 11.6 Å². The lowest BCUT2D eigenvalue weighted by Crippen LogP contribution is -2.26. The fourth-order valence-electron chi connectivity index (χ4n) is 1.81. The maximum absolute atomic E-state index is 11.7. The van der Waals surface area contributed by atoms with Crippen molar-refractivity contribution < 1.29 is 4.79 Å². The fraction of sp³-hybridized carbons (Fsp3) is 0.417. The van der Waals surface area contributed by atoms with Gasteiger partial charge in [0.05, 0.1) is 0 Å². The Morgan fingerprint density at radius 3 is 3.00 bits per heavy atom. The first-order chi connectivity index (χ1) is 7.20. The highest BCUT2D eigenvalue weighted by Crippen LogP contribution is 2.33. The molecule has 0 radical (unpaired) electrons. The molecular weight excluding hydrogens is 188 g/mol. The molecule has 2 rings (SSSR count). The molecule has 1 aliphatic carbocycles. The number of nitrogen functional groups attached to an aromatic ring is 1. The molecule has 2 atom stereocenters. The number of anilines is 1. The zero-order valence-corrected chi connectivity index (χ0v) is 8.86. The molecule has 1 amide bonds. The summed E-state index contributed by atoms with van der Waals surface area (Å²) in [7, 11) is 0. The summed E-state index contributed by atoms with van der Waals surface area (Å²) in [6.45, 7) is 2.15. The van der Waals surface area contributed by atoms with E-state index < -0.39 is 0 Å². The molecule has 1 aromatic carbocycles. The maximum atomic E-state index is 11.7. The van der Waals surface area contributed by atoms with Crippen molar-refractivity contribution in [2.75, 3.05) is 5.73 Å². The highest BCUT2D eigenvalue weighted by Gasteiger charge is 2.36. The molecule has 0 heterocycles. The van der Waals surface area contributed by atoms with Gasteiger partial charge in [-0.15, -0.1) is 0 Å². The van der Waals surface area contributed by atoms with E-state index in [1.807, 2.05) is 0 Å². The van der Waals surface area contributed by atoms with Crippen LogP contribution in [0.25, 0.3) is 0 Å². The number of amides is 1. The summed E-state index contributed by atoms with van der Waals surface area (Å²) in [4.78, 5) is 11.7. The standard InChI is InChI=1S/C12H16N2O/c1-2-8-7-11(8)14-12(15)9-4-3-5-10(13)6-9/h3-6,8,11H,2,7,13H2,1H3,(H,14,15). The van der Waals surface area contributed by atoms with E-state index in [2.05, 4.69) is 12.2 Å². The molecule has 0 aliphatic heterocycles. The van der Waals surface area contributed by atoms with Crippen LogP contribution in [0.5, 0.6) is 0 Å². The Labute approximate surface area is 89.7 Å². The van der Waals surface area contributed by atoms with E-state index in [-0.39, 0.29) is 5.91 Å². The van der Waals surface area contributed by atoms with Crippen molar-refractivity contribution in [3.63, 3.8) is 0 Å². The van der Waals surface area contributed by atoms with Crippen molar-refractivity contribution in [2.24, 2.45) is 5.92 Å². The topological polar surface area (TPSA) is 55.1 Å². The molecule has 3 heteroatoms. The van der Waals surface area contributed by atoms with Crippen LogP contribution in [0.15, 0.2) is 24.3 Å². The van der Waals surface area contributed by atoms with E-state index >= 15 is 0 Å². The highest BCUT2D eigenvalue weighted by molar-refractivity contribution is 5.95. The molecule has 0 spiro atoms. The lowest BCUT2D eigenvalue weighted by molar-refractivity contribution is 0.0949. The van der Waals surface area contributed by atoms with Gasteiger partial charge >= 0.3 is 0 Å². The van der Waals surface area contributed by atoms with Gasteiger partial charge in [-0.1, -0.05) is 19.4 Å². The predicted molar refractivity (Wildman–Crippen MR) is 60.5 cm³/mol. The van der Waals surface area contributed by atoms with Gasteiger partial charge in [-0.25, -0.2) is 0 Å². The summed E-state index contributed by atoms with van der Waals surface area (Å²) >= 11 is 0. The lowest BCUT2D eigenvalue weighted by atomic mass is 10.2. The number of nitrogens with two attached hydrogens (primary N) is 1. The van der Waals surface area contributed by atoms with Crippen molar-refractivity contribution in [1.82, 2.24) is 5.32 Å². The molecule has 0 bridgehead atoms. The smallest absolute Gasteiger partial charge is 0.251 e. The number of benzene rings is 1. The summed E-state index contributed by atoms with van der Waals surface area (Å²) in [5.41, 5.74) is 6.90. The van der Waals surface area contributed by atoms with Crippen LogP contribution in [0, 0.1) is 5.92 Å². The number of carbonyl (C=O) groups excluding carboxylic acids is 1. The number of nitrogens with one attached hydrogen (secondary N) is 1. The average Bonchev–Trinajstić information content (AvgIpc) is 2.96. The van der Waals surface area contributed by atoms with E-state index in [1.54, 1.807) is 24.3 Å². The van der Waals surface area contributed by atoms with Gasteiger partial charge in [-0.05, 0) is 30.5 Å². The van der Waals surface area contributed by atoms with E-state index in [0.717, 1.165) is 12.8 Å². The largest absolute Gasteiger partial charge is 0.399 e. The summed E-state index contributed by atoms with van der Waals surface area (Å²) in [5.74, 6) is 0.665. The van der Waals surface area contributed by atoms with E-state index in [0.29, 0.717) is 23.2 Å². The van der Waals surface area contributed by atoms with E-state index in [1.165, 1.54) is 0 Å². The molecule has 3 N–H and O–H groups in total. The quantitative estimate of drug-likeness (QED) is 0.737. The van der Waals surface area contributed by atoms with Crippen LogP contribution >= 0.6 is 0 Å². The molecule has 1 saturated carbocycles. The number of rotatable bonds is 3. The SMILES string of the molecule is CCC1CC1NC(=O)c1cccc(N)c1. The molecule has 1 fully saturated rings. The Morgan fingerprint density at radius 2 is 2.40 bits per heavy atom. The minimum absolute atomic E-state index is 0.0109. The normalized spacial score (nSPS) is 23.5. The Morgan fingerprint density at radius 1 is 1.60 bits per heavy atom. The van der Waals surface area contributed by atoms with Crippen LogP contribution in [-0.2, 0) is 0 Å². The molecule has 0 aromatic heterocycles. The number of hydrogen-bond acceptors (Lipinski definition) is 2. The number of hydrogen-bond donors (Lipinski definition) is 2. The zero-order valence-electron chi connectivity index (χ0n) is 8.86. The minimum Gasteiger partial charge on any atom is -0.399 e. The monoisotopic (exact) mass is 204 g/mol. The van der Waals surface area contributed by atoms with E-state index in [9.17, 15) is 4.79 Å². The van der Waals surface area contributed by atoms with Gasteiger partial charge in [0.1, 0.15) is 0 Å². The third-order valence-corrected chi connectivity index (χ3v) is 2.91. The Hall–Kier alpha value is -1.51. The second-order valence-electron chi connectivity index (χ2n) is 4.11. The second kappa shape index (κ2) is 3.93. The van der Waals surface area contributed by atoms with Crippen LogP contribution in [0.3, 0.4) is 0 Å². The summed E-state index contributed by atoms with van der Waals surface area (Å²) in [6, 6.07) is 7.45. The van der Waals surface area contributed by atoms with Crippen molar-refractivity contribution in [3.05, 3.63) is 29.8 Å². The van der Waals surface area contributed by atoms with Crippen molar-refractivity contribution in [3.8, 4) is 0 Å². The Bertz CT molecular complexity index is 376. The molecule has 80 valence electrons. The molecule has 2 unspecified atom stereocenters. The van der Waals surface area contributed by atoms with Gasteiger partial charge in [0.25, 0.3) is 5.91 Å². The summed E-state index contributed by atoms with van der Waals surface area (Å²) < 4.78 is 0. The summed E-state index contributed by atoms with van der Waals surface area (Å²) in [6.07, 6.45) is 2.26. The Balaban J connectivity index is 1.97. The first kappa shape index (κ1) is 10.0. The molecule has 3 nitrogen and oxygen atoms in total. The van der Waals surface area contributed by atoms with Gasteiger partial charge in [0, 0.05) is 17.3 Å². The number of carbonyl (C=O) groups is 1. The van der Waals surface area contributed by atoms with Crippen molar-refractivity contribution in [1.29, 1.82) is 0 Å². The second-order valence-corrected chi connectivity index (χ2v) is 4.11. The molecular formula is C12H16N2O. The lowest BCUT2D eigenvalue weighted by Gasteiger charge is -2.04. The van der Waals surface area contributed by atoms with Crippen molar-refractivity contribution in [2.45, 2.75) is 25.8 Å². The molecule has 15 heavy (non-hydrogen) atoms. The van der Waals surface area contributed by atoms with Gasteiger partial charge in [0.15, 0.2) is 0 Å². The van der Waals surface area contributed by atoms with Gasteiger partial charge < -0.3 is 11.1 Å². The predicted octanol–water partition coefficient (Wildman–Crippen LogP) is 1.80. The van der Waals surface area contributed by atoms with Crippen LogP contribution in [0.2, 0.25) is 0 Å². The Kier molecular flexibility index (Phi) is 2.62. The van der Waals surface area contributed by atoms with Crippen LogP contribution in [0.1, 0.15) is 30.1 Å². The third kappa shape index (κ3) is 2.29. The molecule has 0 saturated heterocycles. The van der Waals surface area contributed by atoms with Gasteiger partial charge in [0.2, 0.25) is 0 Å². The minimum atomic E-state index is -0.0109. The average molecular weight is 204 g/mol. The van der Waals surface area contributed by atoms with Gasteiger partial charge in [-0.3, -0.25) is 4.79 Å². The molecule has 1 aliphatic rings. The van der Waals surface area contributed by atoms with Gasteiger partial charge in [-0.2, -0.15) is 0 Å².